The molecule has 9 nitrogen and oxygen atoms in total. The number of nitrogens with one attached hydrogen (secondary N) is 1. The lowest BCUT2D eigenvalue weighted by atomic mass is 9.71. The number of Topliss-reactive ketones (excluding diaryl/α,β-unsaturated/α-hetero) is 1. The van der Waals surface area contributed by atoms with Crippen molar-refractivity contribution in [3.05, 3.63) is 50.9 Å². The highest BCUT2D eigenvalue weighted by atomic mass is 16.6. The third kappa shape index (κ3) is 4.26. The van der Waals surface area contributed by atoms with Gasteiger partial charge in [-0.3, -0.25) is 14.9 Å². The molecule has 2 atom stereocenters. The van der Waals surface area contributed by atoms with E-state index in [0.29, 0.717) is 17.8 Å². The summed E-state index contributed by atoms with van der Waals surface area (Å²) in [5.74, 6) is -3.32. The number of benzene rings is 1. The number of rotatable bonds is 6. The zero-order valence-electron chi connectivity index (χ0n) is 17.9. The number of ether oxygens (including phenoxy) is 2. The number of nitrogens with zero attached hydrogens (tertiary/aromatic N) is 1. The molecule has 0 spiro atoms. The predicted molar refractivity (Wildman–Crippen MR) is 109 cm³/mol. The van der Waals surface area contributed by atoms with Crippen LogP contribution in [0.15, 0.2) is 35.2 Å². The number of ketones is 1. The highest BCUT2D eigenvalue weighted by molar-refractivity contribution is 5.96. The molecule has 0 aromatic heterocycles. The van der Waals surface area contributed by atoms with Gasteiger partial charge in [0.2, 0.25) is 0 Å². The minimum Gasteiger partial charge on any atom is -0.865 e. The quantitative estimate of drug-likeness (QED) is 0.415. The van der Waals surface area contributed by atoms with E-state index in [2.05, 4.69) is 5.32 Å². The molecule has 0 radical (unpaired) electrons. The van der Waals surface area contributed by atoms with Gasteiger partial charge in [0, 0.05) is 35.5 Å². The van der Waals surface area contributed by atoms with Crippen molar-refractivity contribution in [1.29, 1.82) is 0 Å². The van der Waals surface area contributed by atoms with Crippen molar-refractivity contribution in [2.75, 3.05) is 6.61 Å². The van der Waals surface area contributed by atoms with Crippen molar-refractivity contribution in [3.63, 3.8) is 0 Å². The van der Waals surface area contributed by atoms with Crippen molar-refractivity contribution in [2.45, 2.75) is 52.6 Å². The van der Waals surface area contributed by atoms with Gasteiger partial charge in [0.15, 0.2) is 0 Å². The summed E-state index contributed by atoms with van der Waals surface area (Å²) in [4.78, 5) is 36.7. The van der Waals surface area contributed by atoms with E-state index < -0.39 is 40.3 Å². The van der Waals surface area contributed by atoms with Crippen LogP contribution < -0.4 is 15.2 Å². The summed E-state index contributed by atoms with van der Waals surface area (Å²) in [6.07, 6.45) is 2.35. The molecule has 2 unspecified atom stereocenters. The Kier molecular flexibility index (Phi) is 6.33. The first-order chi connectivity index (χ1) is 14.6. The van der Waals surface area contributed by atoms with E-state index in [1.807, 2.05) is 6.08 Å². The molecule has 0 amide bonds. The summed E-state index contributed by atoms with van der Waals surface area (Å²) in [6.45, 7) is 6.90. The number of esters is 1. The van der Waals surface area contributed by atoms with Crippen LogP contribution in [0, 0.1) is 16.0 Å². The lowest BCUT2D eigenvalue weighted by Crippen LogP contribution is -2.41. The molecule has 1 aliphatic heterocycles. The van der Waals surface area contributed by atoms with Crippen molar-refractivity contribution >= 4 is 17.4 Å². The van der Waals surface area contributed by atoms with E-state index >= 15 is 0 Å². The van der Waals surface area contributed by atoms with Crippen LogP contribution in [-0.4, -0.2) is 29.4 Å². The maximum atomic E-state index is 13.0. The Balaban J connectivity index is 2.26. The summed E-state index contributed by atoms with van der Waals surface area (Å²) in [6, 6.07) is 2.53. The second-order valence-electron chi connectivity index (χ2n) is 7.79. The zero-order valence-corrected chi connectivity index (χ0v) is 17.9. The fourth-order valence-electron chi connectivity index (χ4n) is 4.11. The Labute approximate surface area is 179 Å². The van der Waals surface area contributed by atoms with Crippen LogP contribution in [0.2, 0.25) is 0 Å². The Morgan fingerprint density at radius 2 is 2.03 bits per heavy atom. The van der Waals surface area contributed by atoms with Crippen LogP contribution >= 0.6 is 0 Å². The largest absolute Gasteiger partial charge is 0.865 e. The highest BCUT2D eigenvalue weighted by Gasteiger charge is 2.44. The molecule has 1 heterocycles. The molecule has 1 aromatic rings. The van der Waals surface area contributed by atoms with Crippen molar-refractivity contribution < 1.29 is 29.1 Å². The van der Waals surface area contributed by atoms with Gasteiger partial charge >= 0.3 is 5.97 Å². The van der Waals surface area contributed by atoms with Crippen LogP contribution in [0.3, 0.4) is 0 Å². The smallest absolute Gasteiger partial charge is 0.336 e. The summed E-state index contributed by atoms with van der Waals surface area (Å²) >= 11 is 0. The van der Waals surface area contributed by atoms with Gasteiger partial charge in [-0.05, 0) is 45.7 Å². The molecule has 166 valence electrons. The molecule has 1 N–H and O–H groups in total. The molecule has 9 heteroatoms. The van der Waals surface area contributed by atoms with Crippen molar-refractivity contribution in [3.8, 4) is 11.5 Å². The molecule has 3 rings (SSSR count). The first-order valence-electron chi connectivity index (χ1n) is 10.2. The van der Waals surface area contributed by atoms with E-state index in [0.717, 1.165) is 6.07 Å². The van der Waals surface area contributed by atoms with Gasteiger partial charge in [0.05, 0.1) is 29.1 Å². The van der Waals surface area contributed by atoms with Gasteiger partial charge in [-0.15, -0.1) is 0 Å². The number of hydrogen-bond acceptors (Lipinski definition) is 8. The van der Waals surface area contributed by atoms with Gasteiger partial charge in [-0.25, -0.2) is 4.79 Å². The van der Waals surface area contributed by atoms with E-state index in [-0.39, 0.29) is 35.7 Å². The second kappa shape index (κ2) is 8.79. The lowest BCUT2D eigenvalue weighted by Gasteiger charge is -2.38. The van der Waals surface area contributed by atoms with Gasteiger partial charge < -0.3 is 19.9 Å². The highest BCUT2D eigenvalue weighted by Crippen LogP contribution is 2.47. The second-order valence-corrected chi connectivity index (χ2v) is 7.79. The summed E-state index contributed by atoms with van der Waals surface area (Å²) in [5.41, 5.74) is 0.979. The van der Waals surface area contributed by atoms with Crippen LogP contribution in [0.5, 0.6) is 11.5 Å². The average molecular weight is 429 g/mol. The standard InChI is InChI=1S/C22H26N2O7/c1-5-30-17-10-13(9-15(21(17)26)24(28)29)19-18(22(27)31-11(2)3)12(4)23-14-7-6-8-16(25)20(14)19/h7,9-11,19-20,23,26H,5-6,8H2,1-4H3/p-1. The minimum absolute atomic E-state index is 0.0934. The number of allylic oxidation sites excluding steroid dienone is 3. The Bertz CT molecular complexity index is 994. The lowest BCUT2D eigenvalue weighted by molar-refractivity contribution is -0.398. The molecule has 2 aliphatic rings. The van der Waals surface area contributed by atoms with Gasteiger partial charge in [-0.1, -0.05) is 6.08 Å². The Hall–Kier alpha value is -3.36. The number of nitro benzene ring substituents is 1. The van der Waals surface area contributed by atoms with Crippen LogP contribution in [0.25, 0.3) is 0 Å². The number of fused-ring (bicyclic) bond motifs is 1. The van der Waals surface area contributed by atoms with E-state index in [9.17, 15) is 24.8 Å². The Morgan fingerprint density at radius 1 is 1.32 bits per heavy atom. The van der Waals surface area contributed by atoms with E-state index in [4.69, 9.17) is 9.47 Å². The maximum absolute atomic E-state index is 13.0. The van der Waals surface area contributed by atoms with Crippen LogP contribution in [-0.2, 0) is 14.3 Å². The topological polar surface area (TPSA) is 131 Å². The van der Waals surface area contributed by atoms with E-state index in [1.54, 1.807) is 27.7 Å². The monoisotopic (exact) mass is 429 g/mol. The molecular formula is C22H25N2O7-. The number of carbonyl (C=O) groups is 2. The molecule has 1 aliphatic carbocycles. The molecule has 0 saturated carbocycles. The van der Waals surface area contributed by atoms with Gasteiger partial charge in [0.25, 0.3) is 5.69 Å². The van der Waals surface area contributed by atoms with Gasteiger partial charge in [-0.2, -0.15) is 0 Å². The molecule has 0 bridgehead atoms. The molecule has 1 aromatic carbocycles. The number of hydrogen-bond donors (Lipinski definition) is 1. The fraction of sp³-hybridized carbons (Fsp3) is 0.455. The number of carbonyl (C=O) groups excluding carboxylic acids is 2. The van der Waals surface area contributed by atoms with Crippen molar-refractivity contribution in [2.24, 2.45) is 5.92 Å². The molecule has 0 saturated heterocycles. The summed E-state index contributed by atoms with van der Waals surface area (Å²) in [5, 5.41) is 27.1. The summed E-state index contributed by atoms with van der Waals surface area (Å²) in [7, 11) is 0. The first kappa shape index (κ1) is 22.3. The van der Waals surface area contributed by atoms with E-state index in [1.165, 1.54) is 6.07 Å². The predicted octanol–water partition coefficient (Wildman–Crippen LogP) is 2.84. The third-order valence-electron chi connectivity index (χ3n) is 5.29. The molecule has 31 heavy (non-hydrogen) atoms. The van der Waals surface area contributed by atoms with Crippen LogP contribution in [0.1, 0.15) is 52.0 Å². The van der Waals surface area contributed by atoms with Gasteiger partial charge in [0.1, 0.15) is 11.5 Å². The van der Waals surface area contributed by atoms with Crippen LogP contribution in [0.4, 0.5) is 5.69 Å². The third-order valence-corrected chi connectivity index (χ3v) is 5.29. The average Bonchev–Trinajstić information content (AvgIpc) is 2.68. The SMILES string of the molecule is CCOc1cc(C2C(C(=O)OC(C)C)=C(C)NC3=CCCC(=O)C32)cc([N+](=O)[O-])c1[O-]. The normalized spacial score (nSPS) is 20.7. The first-order valence-corrected chi connectivity index (χ1v) is 10.2. The molecule has 0 fully saturated rings. The molecular weight excluding hydrogens is 404 g/mol. The number of nitro groups is 1. The van der Waals surface area contributed by atoms with Crippen molar-refractivity contribution in [1.82, 2.24) is 5.32 Å². The minimum atomic E-state index is -0.845. The zero-order chi connectivity index (χ0) is 22.9. The summed E-state index contributed by atoms with van der Waals surface area (Å²) < 4.78 is 10.8. The maximum Gasteiger partial charge on any atom is 0.336 e. The Morgan fingerprint density at radius 3 is 2.65 bits per heavy atom. The fourth-order valence-corrected chi connectivity index (χ4v) is 4.11.